The predicted molar refractivity (Wildman–Crippen MR) is 135 cm³/mol. The topological polar surface area (TPSA) is 103 Å². The summed E-state index contributed by atoms with van der Waals surface area (Å²) in [6.45, 7) is 4.02. The summed E-state index contributed by atoms with van der Waals surface area (Å²) in [5, 5.41) is 19.2. The van der Waals surface area contributed by atoms with Crippen molar-refractivity contribution in [1.29, 1.82) is 0 Å². The van der Waals surface area contributed by atoms with Gasteiger partial charge in [0.2, 0.25) is 0 Å². The van der Waals surface area contributed by atoms with Crippen molar-refractivity contribution in [3.8, 4) is 16.2 Å². The molecular weight excluding hydrogens is 519 g/mol. The molecule has 178 valence electrons. The van der Waals surface area contributed by atoms with Gasteiger partial charge in [0.05, 0.1) is 49.2 Å². The van der Waals surface area contributed by atoms with E-state index in [0.717, 1.165) is 16.9 Å². The average Bonchev–Trinajstić information content (AvgIpc) is 3.47. The van der Waals surface area contributed by atoms with Gasteiger partial charge in [-0.3, -0.25) is 15.0 Å². The van der Waals surface area contributed by atoms with Crippen molar-refractivity contribution in [3.63, 3.8) is 0 Å². The summed E-state index contributed by atoms with van der Waals surface area (Å²) in [6.07, 6.45) is 0. The normalized spacial score (nSPS) is 14.7. The molecular formula is C22H20Cl2N4O4S2. The first-order valence-corrected chi connectivity index (χ1v) is 12.6. The van der Waals surface area contributed by atoms with E-state index in [2.05, 4.69) is 16.0 Å². The van der Waals surface area contributed by atoms with Crippen LogP contribution in [0, 0.1) is 0 Å². The number of aromatic hydroxyl groups is 1. The third-order valence-electron chi connectivity index (χ3n) is 4.99. The summed E-state index contributed by atoms with van der Waals surface area (Å²) < 4.78 is 5.26. The van der Waals surface area contributed by atoms with Gasteiger partial charge < -0.3 is 9.84 Å². The lowest BCUT2D eigenvalue weighted by molar-refractivity contribution is 0.0127. The number of benzene rings is 1. The zero-order valence-corrected chi connectivity index (χ0v) is 21.1. The van der Waals surface area contributed by atoms with Crippen LogP contribution in [0.25, 0.3) is 10.4 Å². The Morgan fingerprint density at radius 2 is 1.79 bits per heavy atom. The fourth-order valence-electron chi connectivity index (χ4n) is 3.16. The highest BCUT2D eigenvalue weighted by atomic mass is 35.5. The maximum atomic E-state index is 12.5. The molecule has 1 aliphatic rings. The van der Waals surface area contributed by atoms with Crippen LogP contribution in [0.2, 0.25) is 10.0 Å². The van der Waals surface area contributed by atoms with E-state index in [0.29, 0.717) is 62.3 Å². The van der Waals surface area contributed by atoms with Crippen molar-refractivity contribution in [2.45, 2.75) is 6.92 Å². The first-order chi connectivity index (χ1) is 16.3. The number of ether oxygens (including phenoxy) is 1. The molecule has 34 heavy (non-hydrogen) atoms. The largest absolute Gasteiger partial charge is 0.506 e. The van der Waals surface area contributed by atoms with Gasteiger partial charge in [0.1, 0.15) is 5.75 Å². The van der Waals surface area contributed by atoms with Crippen LogP contribution in [0.15, 0.2) is 40.8 Å². The van der Waals surface area contributed by atoms with E-state index in [1.165, 1.54) is 11.3 Å². The molecule has 4 rings (SSSR count). The van der Waals surface area contributed by atoms with Gasteiger partial charge in [0.25, 0.3) is 11.8 Å². The molecule has 2 aromatic heterocycles. The number of halogens is 2. The average molecular weight is 539 g/mol. The lowest BCUT2D eigenvalue weighted by Crippen LogP contribution is -2.48. The number of thiophene rings is 2. The summed E-state index contributed by atoms with van der Waals surface area (Å²) in [5.74, 6) is -0.685. The van der Waals surface area contributed by atoms with Crippen LogP contribution in [0.5, 0.6) is 5.75 Å². The predicted octanol–water partition coefficient (Wildman–Crippen LogP) is 4.62. The smallest absolute Gasteiger partial charge is 0.281 e. The number of nitrogens with one attached hydrogen (secondary N) is 2. The Kier molecular flexibility index (Phi) is 7.87. The molecule has 12 heteroatoms. The van der Waals surface area contributed by atoms with Gasteiger partial charge in [-0.2, -0.15) is 5.10 Å². The van der Waals surface area contributed by atoms with Crippen LogP contribution in [-0.4, -0.2) is 53.9 Å². The number of nitrogens with zero attached hydrogens (tertiary/aromatic N) is 2. The first-order valence-electron chi connectivity index (χ1n) is 10.2. The second-order valence-corrected chi connectivity index (χ2v) is 10.1. The lowest BCUT2D eigenvalue weighted by Gasteiger charge is -2.26. The Bertz CT molecular complexity index is 1250. The van der Waals surface area contributed by atoms with Crippen molar-refractivity contribution in [1.82, 2.24) is 15.9 Å². The number of hydrazine groups is 1. The molecule has 0 spiro atoms. The Balaban J connectivity index is 1.41. The number of hydrogen-bond donors (Lipinski definition) is 3. The number of morpholine rings is 1. The minimum absolute atomic E-state index is 0.0390. The van der Waals surface area contributed by atoms with Crippen molar-refractivity contribution < 1.29 is 19.4 Å². The molecule has 3 N–H and O–H groups in total. The minimum atomic E-state index is -0.450. The van der Waals surface area contributed by atoms with Crippen LogP contribution >= 0.6 is 45.9 Å². The Morgan fingerprint density at radius 3 is 2.50 bits per heavy atom. The molecule has 0 atom stereocenters. The molecule has 0 saturated carbocycles. The highest BCUT2D eigenvalue weighted by molar-refractivity contribution is 7.16. The number of hydrogen-bond acceptors (Lipinski definition) is 8. The summed E-state index contributed by atoms with van der Waals surface area (Å²) in [7, 11) is 0. The summed E-state index contributed by atoms with van der Waals surface area (Å²) in [5.41, 5.74) is 6.93. The monoisotopic (exact) mass is 538 g/mol. The van der Waals surface area contributed by atoms with E-state index >= 15 is 0 Å². The van der Waals surface area contributed by atoms with Crippen LogP contribution in [0.1, 0.15) is 31.8 Å². The molecule has 0 radical (unpaired) electrons. The molecule has 1 fully saturated rings. The fourth-order valence-corrected chi connectivity index (χ4v) is 5.24. The van der Waals surface area contributed by atoms with Gasteiger partial charge >= 0.3 is 0 Å². The van der Waals surface area contributed by atoms with E-state index in [9.17, 15) is 14.7 Å². The van der Waals surface area contributed by atoms with Crippen LogP contribution in [0.4, 0.5) is 0 Å². The minimum Gasteiger partial charge on any atom is -0.506 e. The first kappa shape index (κ1) is 24.6. The standard InChI is InChI=1S/C22H20Cl2N4O4S2/c1-12(14-11-33-20(19(14)29)13-2-3-15(23)16(24)10-13)25-26-21(30)17-4-5-18(34-17)22(31)27-28-6-8-32-9-7-28/h2-5,10-11,29H,6-9H2,1H3,(H,26,30)(H,27,31)/b25-12+. The van der Waals surface area contributed by atoms with E-state index < -0.39 is 5.91 Å². The van der Waals surface area contributed by atoms with Gasteiger partial charge in [-0.1, -0.05) is 29.3 Å². The third-order valence-corrected chi connectivity index (χ3v) is 7.83. The summed E-state index contributed by atoms with van der Waals surface area (Å²) in [6, 6.07) is 8.28. The van der Waals surface area contributed by atoms with Gasteiger partial charge in [0, 0.05) is 18.5 Å². The van der Waals surface area contributed by atoms with Crippen molar-refractivity contribution in [2.75, 3.05) is 26.3 Å². The number of carbonyl (C=O) groups is 2. The zero-order valence-electron chi connectivity index (χ0n) is 17.9. The Labute approximate surface area is 213 Å². The van der Waals surface area contributed by atoms with E-state index in [-0.39, 0.29) is 11.7 Å². The molecule has 2 amide bonds. The van der Waals surface area contributed by atoms with Crippen LogP contribution < -0.4 is 10.9 Å². The molecule has 1 aliphatic heterocycles. The Hall–Kier alpha value is -2.47. The van der Waals surface area contributed by atoms with Gasteiger partial charge in [-0.25, -0.2) is 10.4 Å². The highest BCUT2D eigenvalue weighted by Gasteiger charge is 2.19. The van der Waals surface area contributed by atoms with E-state index in [4.69, 9.17) is 27.9 Å². The second-order valence-electron chi connectivity index (χ2n) is 7.30. The zero-order chi connectivity index (χ0) is 24.2. The van der Waals surface area contributed by atoms with Gasteiger partial charge in [-0.15, -0.1) is 22.7 Å². The van der Waals surface area contributed by atoms with Crippen LogP contribution in [0.3, 0.4) is 0 Å². The molecule has 0 unspecified atom stereocenters. The molecule has 0 aliphatic carbocycles. The quantitative estimate of drug-likeness (QED) is 0.314. The lowest BCUT2D eigenvalue weighted by atomic mass is 10.1. The number of rotatable bonds is 6. The molecule has 1 saturated heterocycles. The maximum Gasteiger partial charge on any atom is 0.281 e. The second kappa shape index (κ2) is 10.9. The van der Waals surface area contributed by atoms with Crippen molar-refractivity contribution in [2.24, 2.45) is 5.10 Å². The van der Waals surface area contributed by atoms with Gasteiger partial charge in [-0.05, 0) is 36.8 Å². The van der Waals surface area contributed by atoms with E-state index in [1.54, 1.807) is 47.6 Å². The van der Waals surface area contributed by atoms with E-state index in [1.807, 2.05) is 0 Å². The number of hydrazone groups is 1. The molecule has 1 aromatic carbocycles. The van der Waals surface area contributed by atoms with Crippen LogP contribution in [-0.2, 0) is 4.74 Å². The molecule has 3 heterocycles. The summed E-state index contributed by atoms with van der Waals surface area (Å²) in [4.78, 5) is 26.3. The van der Waals surface area contributed by atoms with Gasteiger partial charge in [0.15, 0.2) is 0 Å². The van der Waals surface area contributed by atoms with Crippen molar-refractivity contribution in [3.05, 3.63) is 61.1 Å². The Morgan fingerprint density at radius 1 is 1.09 bits per heavy atom. The fraction of sp³-hybridized carbons (Fsp3) is 0.227. The summed E-state index contributed by atoms with van der Waals surface area (Å²) >= 11 is 14.5. The molecule has 0 bridgehead atoms. The SMILES string of the molecule is C/C(=N\NC(=O)c1ccc(C(=O)NN2CCOCC2)s1)c1csc(-c2ccc(Cl)c(Cl)c2)c1O. The number of carbonyl (C=O) groups excluding carboxylic acids is 2. The highest BCUT2D eigenvalue weighted by Crippen LogP contribution is 2.40. The van der Waals surface area contributed by atoms with Crippen molar-refractivity contribution >= 4 is 63.4 Å². The molecule has 3 aromatic rings. The number of amides is 2. The molecule has 8 nitrogen and oxygen atoms in total. The maximum absolute atomic E-state index is 12.5. The third kappa shape index (κ3) is 5.60.